The summed E-state index contributed by atoms with van der Waals surface area (Å²) in [5.41, 5.74) is 7.85. The lowest BCUT2D eigenvalue weighted by Crippen LogP contribution is -2.23. The third-order valence-corrected chi connectivity index (χ3v) is 3.68. The average Bonchev–Trinajstić information content (AvgIpc) is 2.93. The van der Waals surface area contributed by atoms with Gasteiger partial charge in [-0.1, -0.05) is 6.92 Å². The van der Waals surface area contributed by atoms with Gasteiger partial charge in [0.05, 0.1) is 0 Å². The van der Waals surface area contributed by atoms with Crippen molar-refractivity contribution in [2.24, 2.45) is 17.6 Å². The minimum Gasteiger partial charge on any atom is -0.374 e. The molecule has 0 spiro atoms. The van der Waals surface area contributed by atoms with Crippen LogP contribution in [0.1, 0.15) is 31.9 Å². The van der Waals surface area contributed by atoms with Crippen LogP contribution < -0.4 is 10.6 Å². The first kappa shape index (κ1) is 12.4. The van der Waals surface area contributed by atoms with Crippen molar-refractivity contribution in [3.63, 3.8) is 0 Å². The van der Waals surface area contributed by atoms with Crippen molar-refractivity contribution >= 4 is 5.69 Å². The van der Waals surface area contributed by atoms with E-state index in [-0.39, 0.29) is 11.9 Å². The zero-order chi connectivity index (χ0) is 12.6. The Morgan fingerprint density at radius 2 is 2.18 bits per heavy atom. The summed E-state index contributed by atoms with van der Waals surface area (Å²) in [5, 5.41) is 0. The van der Waals surface area contributed by atoms with E-state index in [2.05, 4.69) is 18.9 Å². The van der Waals surface area contributed by atoms with E-state index in [9.17, 15) is 4.39 Å². The number of hydrogen-bond acceptors (Lipinski definition) is 2. The highest BCUT2D eigenvalue weighted by Gasteiger charge is 2.33. The van der Waals surface area contributed by atoms with E-state index in [4.69, 9.17) is 5.73 Å². The summed E-state index contributed by atoms with van der Waals surface area (Å²) < 4.78 is 13.2. The number of halogens is 1. The van der Waals surface area contributed by atoms with Gasteiger partial charge in [-0.15, -0.1) is 0 Å². The molecule has 1 saturated carbocycles. The molecule has 0 aliphatic heterocycles. The first-order chi connectivity index (χ1) is 7.99. The monoisotopic (exact) mass is 236 g/mol. The highest BCUT2D eigenvalue weighted by molar-refractivity contribution is 5.54. The minimum atomic E-state index is -0.214. The van der Waals surface area contributed by atoms with Gasteiger partial charge < -0.3 is 10.6 Å². The molecule has 1 aromatic rings. The van der Waals surface area contributed by atoms with Crippen molar-refractivity contribution in [2.75, 3.05) is 18.5 Å². The Balaban J connectivity index is 2.18. The van der Waals surface area contributed by atoms with E-state index >= 15 is 0 Å². The summed E-state index contributed by atoms with van der Waals surface area (Å²) in [6.45, 7) is 5.20. The van der Waals surface area contributed by atoms with Crippen molar-refractivity contribution in [3.8, 4) is 0 Å². The van der Waals surface area contributed by atoms with Crippen LogP contribution in [0.15, 0.2) is 18.2 Å². The molecule has 0 saturated heterocycles. The maximum absolute atomic E-state index is 13.2. The van der Waals surface area contributed by atoms with Crippen LogP contribution in [0.25, 0.3) is 0 Å². The number of nitrogens with zero attached hydrogens (tertiary/aromatic N) is 1. The van der Waals surface area contributed by atoms with Crippen LogP contribution in [-0.4, -0.2) is 13.6 Å². The Kier molecular flexibility index (Phi) is 3.38. The molecule has 1 aliphatic rings. The highest BCUT2D eigenvalue weighted by Crippen LogP contribution is 2.39. The quantitative estimate of drug-likeness (QED) is 0.871. The molecule has 1 aromatic carbocycles. The Morgan fingerprint density at radius 1 is 1.53 bits per heavy atom. The van der Waals surface area contributed by atoms with Crippen molar-refractivity contribution < 1.29 is 4.39 Å². The first-order valence-corrected chi connectivity index (χ1v) is 6.25. The van der Waals surface area contributed by atoms with Gasteiger partial charge in [-0.25, -0.2) is 4.39 Å². The van der Waals surface area contributed by atoms with Crippen LogP contribution in [-0.2, 0) is 0 Å². The Labute approximate surface area is 103 Å². The topological polar surface area (TPSA) is 29.3 Å². The molecule has 0 radical (unpaired) electrons. The summed E-state index contributed by atoms with van der Waals surface area (Å²) in [7, 11) is 2.06. The number of benzene rings is 1. The van der Waals surface area contributed by atoms with E-state index in [0.717, 1.165) is 29.6 Å². The maximum atomic E-state index is 13.2. The van der Waals surface area contributed by atoms with Crippen LogP contribution in [0, 0.1) is 17.7 Å². The molecule has 2 nitrogen and oxygen atoms in total. The van der Waals surface area contributed by atoms with Crippen molar-refractivity contribution in [3.05, 3.63) is 29.6 Å². The Bertz CT molecular complexity index is 403. The molecular formula is C14H21FN2. The van der Waals surface area contributed by atoms with Gasteiger partial charge in [0.15, 0.2) is 0 Å². The molecule has 1 fully saturated rings. The number of nitrogens with two attached hydrogens (primary N) is 1. The van der Waals surface area contributed by atoms with Crippen LogP contribution >= 0.6 is 0 Å². The van der Waals surface area contributed by atoms with Crippen LogP contribution in [0.4, 0.5) is 10.1 Å². The lowest BCUT2D eigenvalue weighted by molar-refractivity contribution is 0.621. The van der Waals surface area contributed by atoms with Crippen molar-refractivity contribution in [1.29, 1.82) is 0 Å². The maximum Gasteiger partial charge on any atom is 0.123 e. The number of hydrogen-bond donors (Lipinski definition) is 1. The van der Waals surface area contributed by atoms with Crippen molar-refractivity contribution in [2.45, 2.75) is 26.3 Å². The molecule has 0 amide bonds. The molecule has 2 N–H and O–H groups in total. The van der Waals surface area contributed by atoms with Gasteiger partial charge in [0.2, 0.25) is 0 Å². The SMILES string of the molecule is CC1CC1CN(C)c1ccc(F)cc1[C@@H](C)N. The fourth-order valence-electron chi connectivity index (χ4n) is 2.34. The molecule has 0 heterocycles. The van der Waals surface area contributed by atoms with Gasteiger partial charge in [-0.3, -0.25) is 0 Å². The molecule has 0 bridgehead atoms. The van der Waals surface area contributed by atoms with E-state index < -0.39 is 0 Å². The van der Waals surface area contributed by atoms with Crippen LogP contribution in [0.3, 0.4) is 0 Å². The summed E-state index contributed by atoms with van der Waals surface area (Å²) in [6, 6.07) is 4.75. The highest BCUT2D eigenvalue weighted by atomic mass is 19.1. The molecule has 0 aromatic heterocycles. The summed E-state index contributed by atoms with van der Waals surface area (Å²) in [6.07, 6.45) is 1.30. The molecule has 2 rings (SSSR count). The zero-order valence-corrected chi connectivity index (χ0v) is 10.8. The largest absolute Gasteiger partial charge is 0.374 e. The Hall–Kier alpha value is -1.09. The molecule has 17 heavy (non-hydrogen) atoms. The van der Waals surface area contributed by atoms with Crippen LogP contribution in [0.2, 0.25) is 0 Å². The second-order valence-electron chi connectivity index (χ2n) is 5.35. The number of anilines is 1. The second kappa shape index (κ2) is 4.65. The fourth-order valence-corrected chi connectivity index (χ4v) is 2.34. The van der Waals surface area contributed by atoms with Crippen LogP contribution in [0.5, 0.6) is 0 Å². The third-order valence-electron chi connectivity index (χ3n) is 3.68. The van der Waals surface area contributed by atoms with E-state index in [1.807, 2.05) is 13.0 Å². The summed E-state index contributed by atoms with van der Waals surface area (Å²) in [4.78, 5) is 2.20. The zero-order valence-electron chi connectivity index (χ0n) is 10.8. The van der Waals surface area contributed by atoms with Gasteiger partial charge >= 0.3 is 0 Å². The summed E-state index contributed by atoms with van der Waals surface area (Å²) in [5.74, 6) is 1.40. The van der Waals surface area contributed by atoms with Gasteiger partial charge in [-0.05, 0) is 48.9 Å². The standard InChI is InChI=1S/C14H21FN2/c1-9-6-11(9)8-17(3)14-5-4-12(15)7-13(14)10(2)16/h4-5,7,9-11H,6,8,16H2,1-3H3/t9?,10-,11?/m1/s1. The van der Waals surface area contributed by atoms with Gasteiger partial charge in [0.1, 0.15) is 5.82 Å². The normalized spacial score (nSPS) is 24.5. The third kappa shape index (κ3) is 2.78. The molecule has 1 aliphatic carbocycles. The van der Waals surface area contributed by atoms with E-state index in [0.29, 0.717) is 0 Å². The second-order valence-corrected chi connectivity index (χ2v) is 5.35. The lowest BCUT2D eigenvalue weighted by atomic mass is 10.1. The lowest BCUT2D eigenvalue weighted by Gasteiger charge is -2.24. The first-order valence-electron chi connectivity index (χ1n) is 6.25. The van der Waals surface area contributed by atoms with Gasteiger partial charge in [0.25, 0.3) is 0 Å². The number of rotatable bonds is 4. The van der Waals surface area contributed by atoms with Gasteiger partial charge in [-0.2, -0.15) is 0 Å². The van der Waals surface area contributed by atoms with Gasteiger partial charge in [0, 0.05) is 25.3 Å². The minimum absolute atomic E-state index is 0.139. The molecule has 3 heteroatoms. The Morgan fingerprint density at radius 3 is 2.71 bits per heavy atom. The molecule has 3 atom stereocenters. The summed E-state index contributed by atoms with van der Waals surface area (Å²) >= 11 is 0. The predicted molar refractivity (Wildman–Crippen MR) is 69.5 cm³/mol. The van der Waals surface area contributed by atoms with E-state index in [1.54, 1.807) is 6.07 Å². The molecule has 2 unspecified atom stereocenters. The predicted octanol–water partition coefficient (Wildman–Crippen LogP) is 2.94. The van der Waals surface area contributed by atoms with E-state index in [1.165, 1.54) is 12.5 Å². The molecular weight excluding hydrogens is 215 g/mol. The molecule has 94 valence electrons. The smallest absolute Gasteiger partial charge is 0.123 e. The fraction of sp³-hybridized carbons (Fsp3) is 0.571. The average molecular weight is 236 g/mol. The van der Waals surface area contributed by atoms with Crippen molar-refractivity contribution in [1.82, 2.24) is 0 Å².